The Kier molecular flexibility index (Phi) is 5.22. The number of aromatic nitrogens is 4. The molecule has 5 rings (SSSR count). The lowest BCUT2D eigenvalue weighted by Crippen LogP contribution is -2.20. The van der Waals surface area contributed by atoms with E-state index in [1.807, 2.05) is 30.3 Å². The van der Waals surface area contributed by atoms with Crippen molar-refractivity contribution in [1.82, 2.24) is 19.5 Å². The van der Waals surface area contributed by atoms with Gasteiger partial charge in [0.2, 0.25) is 10.7 Å². The van der Waals surface area contributed by atoms with Gasteiger partial charge in [0.1, 0.15) is 5.15 Å². The van der Waals surface area contributed by atoms with Crippen LogP contribution in [-0.2, 0) is 0 Å². The van der Waals surface area contributed by atoms with Crippen molar-refractivity contribution in [3.05, 3.63) is 69.1 Å². The van der Waals surface area contributed by atoms with Crippen molar-refractivity contribution in [3.8, 4) is 10.9 Å². The van der Waals surface area contributed by atoms with Crippen molar-refractivity contribution in [1.29, 1.82) is 0 Å². The fourth-order valence-corrected chi connectivity index (χ4v) is 5.43. The number of pyridine rings is 2. The third-order valence-electron chi connectivity index (χ3n) is 4.36. The van der Waals surface area contributed by atoms with Crippen molar-refractivity contribution in [2.75, 3.05) is 7.11 Å². The van der Waals surface area contributed by atoms with Crippen LogP contribution in [0.25, 0.3) is 26.4 Å². The van der Waals surface area contributed by atoms with Crippen molar-refractivity contribution in [3.63, 3.8) is 0 Å². The molecule has 0 saturated carbocycles. The number of benzene rings is 1. The molecule has 0 amide bonds. The number of rotatable bonds is 4. The number of thiazole rings is 1. The zero-order valence-corrected chi connectivity index (χ0v) is 18.9. The minimum atomic E-state index is -0.416. The zero-order valence-electron chi connectivity index (χ0n) is 15.7. The van der Waals surface area contributed by atoms with E-state index in [9.17, 15) is 4.79 Å². The first-order valence-corrected chi connectivity index (χ1v) is 11.3. The van der Waals surface area contributed by atoms with Gasteiger partial charge in [0, 0.05) is 28.3 Å². The van der Waals surface area contributed by atoms with Gasteiger partial charge in [-0.2, -0.15) is 0 Å². The molecule has 7 nitrogen and oxygen atoms in total. The molecule has 154 valence electrons. The van der Waals surface area contributed by atoms with Crippen LogP contribution >= 0.6 is 46.9 Å². The van der Waals surface area contributed by atoms with Crippen LogP contribution in [0.1, 0.15) is 0 Å². The van der Waals surface area contributed by atoms with Gasteiger partial charge in [-0.05, 0) is 42.5 Å². The maximum atomic E-state index is 13.1. The van der Waals surface area contributed by atoms with Crippen LogP contribution in [0, 0.1) is 4.84 Å². The van der Waals surface area contributed by atoms with Crippen molar-refractivity contribution in [2.24, 2.45) is 0 Å². The summed E-state index contributed by atoms with van der Waals surface area (Å²) in [4.78, 5) is 27.7. The second-order valence-electron chi connectivity index (χ2n) is 6.22. The highest BCUT2D eigenvalue weighted by molar-refractivity contribution is 7.99. The Labute approximate surface area is 193 Å². The smallest absolute Gasteiger partial charge is 0.290 e. The van der Waals surface area contributed by atoms with Gasteiger partial charge in [0.25, 0.3) is 10.4 Å². The fourth-order valence-electron chi connectivity index (χ4n) is 2.96. The lowest BCUT2D eigenvalue weighted by atomic mass is 10.3. The second kappa shape index (κ2) is 8.04. The molecule has 5 aromatic rings. The van der Waals surface area contributed by atoms with E-state index in [2.05, 4.69) is 15.0 Å². The van der Waals surface area contributed by atoms with Crippen molar-refractivity contribution >= 4 is 68.2 Å². The average Bonchev–Trinajstić information content (AvgIpc) is 3.18. The molecule has 0 saturated heterocycles. The molecular weight excluding hydrogens is 476 g/mol. The molecule has 0 fully saturated rings. The maximum Gasteiger partial charge on any atom is 0.290 e. The largest absolute Gasteiger partial charge is 0.493 e. The molecule has 0 N–H and O–H groups in total. The highest BCUT2D eigenvalue weighted by atomic mass is 35.5. The van der Waals surface area contributed by atoms with Crippen LogP contribution < -0.4 is 10.3 Å². The molecule has 0 spiro atoms. The quantitative estimate of drug-likeness (QED) is 0.242. The fraction of sp³-hybridized carbons (Fsp3) is 0.0500. The van der Waals surface area contributed by atoms with Crippen molar-refractivity contribution in [2.45, 2.75) is 9.79 Å². The number of halogens is 1. The van der Waals surface area contributed by atoms with Crippen molar-refractivity contribution < 1.29 is 9.15 Å². The first kappa shape index (κ1) is 20.1. The number of ether oxygens (including phenoxy) is 1. The van der Waals surface area contributed by atoms with E-state index in [0.717, 1.165) is 20.0 Å². The molecule has 1 aromatic carbocycles. The molecule has 0 aliphatic heterocycles. The molecular formula is C20H11ClN4O3S3. The number of hydrogen-bond acceptors (Lipinski definition) is 9. The summed E-state index contributed by atoms with van der Waals surface area (Å²) in [6, 6.07) is 11.2. The van der Waals surface area contributed by atoms with E-state index in [4.69, 9.17) is 33.0 Å². The lowest BCUT2D eigenvalue weighted by Gasteiger charge is -2.05. The average molecular weight is 487 g/mol. The number of methoxy groups -OCH3 is 1. The summed E-state index contributed by atoms with van der Waals surface area (Å²) in [6.45, 7) is 0. The predicted molar refractivity (Wildman–Crippen MR) is 124 cm³/mol. The van der Waals surface area contributed by atoms with Gasteiger partial charge in [-0.3, -0.25) is 4.79 Å². The molecule has 0 aliphatic carbocycles. The molecule has 31 heavy (non-hydrogen) atoms. The monoisotopic (exact) mass is 486 g/mol. The lowest BCUT2D eigenvalue weighted by molar-refractivity contribution is 0.404. The Bertz CT molecular complexity index is 1580. The predicted octanol–water partition coefficient (Wildman–Crippen LogP) is 5.53. The van der Waals surface area contributed by atoms with Gasteiger partial charge in [-0.1, -0.05) is 34.7 Å². The summed E-state index contributed by atoms with van der Waals surface area (Å²) in [6.07, 6.45) is 3.13. The standard InChI is InChI=1S/C20H11ClN4O3S3/c1-27-12-6-8-22-15-16(12)28-20(29)25(18(15)26)19-24-11-5-4-10(9-14(11)31-19)30-13-3-2-7-23-17(13)21/h2-9H,1H3. The molecule has 0 aliphatic rings. The molecule has 0 bridgehead atoms. The molecule has 4 heterocycles. The van der Waals surface area contributed by atoms with Crippen LogP contribution in [0.4, 0.5) is 0 Å². The van der Waals surface area contributed by atoms with E-state index in [1.54, 1.807) is 12.3 Å². The Balaban J connectivity index is 1.61. The highest BCUT2D eigenvalue weighted by Crippen LogP contribution is 2.35. The van der Waals surface area contributed by atoms with Crippen LogP contribution in [0.2, 0.25) is 5.15 Å². The normalized spacial score (nSPS) is 11.3. The van der Waals surface area contributed by atoms with E-state index in [1.165, 1.54) is 41.0 Å². The Morgan fingerprint density at radius 1 is 1.23 bits per heavy atom. The maximum absolute atomic E-state index is 13.1. The van der Waals surface area contributed by atoms with E-state index < -0.39 is 5.56 Å². The third-order valence-corrected chi connectivity index (χ3v) is 7.08. The summed E-state index contributed by atoms with van der Waals surface area (Å²) >= 11 is 14.3. The second-order valence-corrected chi connectivity index (χ2v) is 9.05. The van der Waals surface area contributed by atoms with E-state index in [-0.39, 0.29) is 15.9 Å². The molecule has 0 unspecified atom stereocenters. The minimum absolute atomic E-state index is 0.0282. The zero-order chi connectivity index (χ0) is 21.5. The topological polar surface area (TPSA) is 83.0 Å². The first-order chi connectivity index (χ1) is 15.0. The Morgan fingerprint density at radius 2 is 2.10 bits per heavy atom. The molecule has 4 aromatic heterocycles. The molecule has 0 atom stereocenters. The van der Waals surface area contributed by atoms with Gasteiger partial charge in [-0.15, -0.1) is 0 Å². The Hall–Kier alpha value is -2.79. The van der Waals surface area contributed by atoms with Gasteiger partial charge >= 0.3 is 0 Å². The number of nitrogens with zero attached hydrogens (tertiary/aromatic N) is 4. The summed E-state index contributed by atoms with van der Waals surface area (Å²) in [5.74, 6) is 0.389. The van der Waals surface area contributed by atoms with Gasteiger partial charge in [0.15, 0.2) is 11.3 Å². The SMILES string of the molecule is COc1ccnc2c(=O)n(-c3nc4ccc(Sc5cccnc5Cl)cc4s3)c(=S)oc12. The van der Waals surface area contributed by atoms with Gasteiger partial charge < -0.3 is 9.15 Å². The molecule has 0 radical (unpaired) electrons. The van der Waals surface area contributed by atoms with E-state index in [0.29, 0.717) is 16.0 Å². The number of hydrogen-bond donors (Lipinski definition) is 0. The Morgan fingerprint density at radius 3 is 2.90 bits per heavy atom. The van der Waals surface area contributed by atoms with Gasteiger partial charge in [-0.25, -0.2) is 19.5 Å². The highest BCUT2D eigenvalue weighted by Gasteiger charge is 2.17. The third kappa shape index (κ3) is 3.61. The summed E-state index contributed by atoms with van der Waals surface area (Å²) in [5, 5.41) is 0.849. The summed E-state index contributed by atoms with van der Waals surface area (Å²) < 4.78 is 13.1. The van der Waals surface area contributed by atoms with E-state index >= 15 is 0 Å². The molecule has 11 heteroatoms. The van der Waals surface area contributed by atoms with Crippen LogP contribution in [0.5, 0.6) is 5.75 Å². The first-order valence-electron chi connectivity index (χ1n) is 8.83. The van der Waals surface area contributed by atoms with Crippen LogP contribution in [-0.4, -0.2) is 26.6 Å². The summed E-state index contributed by atoms with van der Waals surface area (Å²) in [5.41, 5.74) is 0.654. The van der Waals surface area contributed by atoms with Crippen LogP contribution in [0.15, 0.2) is 67.8 Å². The van der Waals surface area contributed by atoms with Crippen LogP contribution in [0.3, 0.4) is 0 Å². The number of fused-ring (bicyclic) bond motifs is 2. The van der Waals surface area contributed by atoms with Gasteiger partial charge in [0.05, 0.1) is 17.3 Å². The summed E-state index contributed by atoms with van der Waals surface area (Å²) in [7, 11) is 1.49. The minimum Gasteiger partial charge on any atom is -0.493 e.